The molecule has 0 spiro atoms. The Balaban J connectivity index is 2.20. The third-order valence-electron chi connectivity index (χ3n) is 4.18. The third-order valence-corrected chi connectivity index (χ3v) is 4.18. The first-order chi connectivity index (χ1) is 8.67. The number of carbonyl (C=O) groups is 1. The van der Waals surface area contributed by atoms with E-state index in [1.807, 2.05) is 0 Å². The second-order valence-corrected chi connectivity index (χ2v) is 5.86. The van der Waals surface area contributed by atoms with Crippen LogP contribution in [0.25, 0.3) is 0 Å². The second-order valence-electron chi connectivity index (χ2n) is 5.86. The molecule has 0 bridgehead atoms. The Morgan fingerprint density at radius 3 is 2.50 bits per heavy atom. The standard InChI is InChI=1S/C15H30N2O/c1-3-4-5-6-12(2)17-15(18)14-9-7-13(11-16)8-10-14/h12-14H,3-11,16H2,1-2H3,(H,17,18). The first-order valence-corrected chi connectivity index (χ1v) is 7.67. The topological polar surface area (TPSA) is 55.1 Å². The molecule has 1 rings (SSSR count). The summed E-state index contributed by atoms with van der Waals surface area (Å²) >= 11 is 0. The zero-order valence-corrected chi connectivity index (χ0v) is 12.1. The number of unbranched alkanes of at least 4 members (excludes halogenated alkanes) is 2. The van der Waals surface area contributed by atoms with Gasteiger partial charge in [-0.3, -0.25) is 4.79 Å². The summed E-state index contributed by atoms with van der Waals surface area (Å²) in [7, 11) is 0. The minimum absolute atomic E-state index is 0.237. The quantitative estimate of drug-likeness (QED) is 0.686. The normalized spacial score (nSPS) is 25.7. The van der Waals surface area contributed by atoms with E-state index in [0.717, 1.165) is 38.6 Å². The van der Waals surface area contributed by atoms with Crippen LogP contribution in [-0.4, -0.2) is 18.5 Å². The molecule has 1 aliphatic carbocycles. The van der Waals surface area contributed by atoms with E-state index in [4.69, 9.17) is 5.73 Å². The summed E-state index contributed by atoms with van der Waals surface area (Å²) in [5.74, 6) is 1.16. The van der Waals surface area contributed by atoms with E-state index in [9.17, 15) is 4.79 Å². The molecule has 1 unspecified atom stereocenters. The van der Waals surface area contributed by atoms with E-state index in [1.54, 1.807) is 0 Å². The van der Waals surface area contributed by atoms with Crippen LogP contribution < -0.4 is 11.1 Å². The number of hydrogen-bond donors (Lipinski definition) is 2. The van der Waals surface area contributed by atoms with Gasteiger partial charge in [-0.15, -0.1) is 0 Å². The van der Waals surface area contributed by atoms with Crippen molar-refractivity contribution in [3.63, 3.8) is 0 Å². The van der Waals surface area contributed by atoms with Gasteiger partial charge in [0.05, 0.1) is 0 Å². The SMILES string of the molecule is CCCCCC(C)NC(=O)C1CCC(CN)CC1. The largest absolute Gasteiger partial charge is 0.353 e. The lowest BCUT2D eigenvalue weighted by molar-refractivity contribution is -0.126. The van der Waals surface area contributed by atoms with Crippen LogP contribution in [0.2, 0.25) is 0 Å². The zero-order valence-electron chi connectivity index (χ0n) is 12.1. The van der Waals surface area contributed by atoms with Crippen LogP contribution in [0.4, 0.5) is 0 Å². The fourth-order valence-electron chi connectivity index (χ4n) is 2.79. The lowest BCUT2D eigenvalue weighted by Crippen LogP contribution is -2.39. The summed E-state index contributed by atoms with van der Waals surface area (Å²) in [5, 5.41) is 3.17. The molecule has 0 aromatic heterocycles. The highest BCUT2D eigenvalue weighted by Gasteiger charge is 2.26. The van der Waals surface area contributed by atoms with Gasteiger partial charge in [0.25, 0.3) is 0 Å². The summed E-state index contributed by atoms with van der Waals surface area (Å²) in [4.78, 5) is 12.1. The average molecular weight is 254 g/mol. The molecule has 0 saturated heterocycles. The lowest BCUT2D eigenvalue weighted by Gasteiger charge is -2.27. The average Bonchev–Trinajstić information content (AvgIpc) is 2.39. The molecule has 0 aromatic rings. The van der Waals surface area contributed by atoms with Crippen molar-refractivity contribution in [1.29, 1.82) is 0 Å². The summed E-state index contributed by atoms with van der Waals surface area (Å²) in [5.41, 5.74) is 5.67. The molecule has 106 valence electrons. The van der Waals surface area contributed by atoms with Gasteiger partial charge in [-0.25, -0.2) is 0 Å². The number of hydrogen-bond acceptors (Lipinski definition) is 2. The molecule has 3 nitrogen and oxygen atoms in total. The Morgan fingerprint density at radius 2 is 1.94 bits per heavy atom. The van der Waals surface area contributed by atoms with Crippen molar-refractivity contribution >= 4 is 5.91 Å². The molecule has 3 heteroatoms. The molecule has 0 aromatic carbocycles. The van der Waals surface area contributed by atoms with Crippen molar-refractivity contribution in [3.05, 3.63) is 0 Å². The van der Waals surface area contributed by atoms with Gasteiger partial charge >= 0.3 is 0 Å². The molecule has 0 heterocycles. The van der Waals surface area contributed by atoms with E-state index < -0.39 is 0 Å². The molecule has 1 amide bonds. The van der Waals surface area contributed by atoms with Crippen molar-refractivity contribution in [1.82, 2.24) is 5.32 Å². The molecule has 18 heavy (non-hydrogen) atoms. The molecular weight excluding hydrogens is 224 g/mol. The smallest absolute Gasteiger partial charge is 0.223 e. The van der Waals surface area contributed by atoms with Crippen LogP contribution in [0.3, 0.4) is 0 Å². The van der Waals surface area contributed by atoms with Gasteiger partial charge in [0.15, 0.2) is 0 Å². The summed E-state index contributed by atoms with van der Waals surface area (Å²) < 4.78 is 0. The van der Waals surface area contributed by atoms with Gasteiger partial charge in [0.1, 0.15) is 0 Å². The van der Waals surface area contributed by atoms with Crippen LogP contribution in [0.1, 0.15) is 65.2 Å². The molecule has 0 aliphatic heterocycles. The maximum atomic E-state index is 12.1. The predicted molar refractivity (Wildman–Crippen MR) is 76.2 cm³/mol. The number of nitrogens with one attached hydrogen (secondary N) is 1. The molecule has 3 N–H and O–H groups in total. The van der Waals surface area contributed by atoms with Crippen molar-refractivity contribution in [2.45, 2.75) is 71.3 Å². The molecule has 0 radical (unpaired) electrons. The number of amides is 1. The summed E-state index contributed by atoms with van der Waals surface area (Å²) in [6.07, 6.45) is 9.13. The van der Waals surface area contributed by atoms with Gasteiger partial charge in [-0.05, 0) is 51.5 Å². The summed E-state index contributed by atoms with van der Waals surface area (Å²) in [6.45, 7) is 5.11. The Morgan fingerprint density at radius 1 is 1.28 bits per heavy atom. The Kier molecular flexibility index (Phi) is 7.33. The van der Waals surface area contributed by atoms with Gasteiger partial charge < -0.3 is 11.1 Å². The first kappa shape index (κ1) is 15.5. The van der Waals surface area contributed by atoms with Crippen molar-refractivity contribution in [2.24, 2.45) is 17.6 Å². The van der Waals surface area contributed by atoms with Gasteiger partial charge in [-0.1, -0.05) is 26.2 Å². The lowest BCUT2D eigenvalue weighted by atomic mass is 9.81. The van der Waals surface area contributed by atoms with Crippen LogP contribution in [0, 0.1) is 11.8 Å². The number of nitrogens with two attached hydrogens (primary N) is 1. The molecule has 1 aliphatic rings. The maximum absolute atomic E-state index is 12.1. The van der Waals surface area contributed by atoms with E-state index >= 15 is 0 Å². The third kappa shape index (κ3) is 5.38. The van der Waals surface area contributed by atoms with Crippen LogP contribution in [0.5, 0.6) is 0 Å². The van der Waals surface area contributed by atoms with Gasteiger partial charge in [0.2, 0.25) is 5.91 Å². The van der Waals surface area contributed by atoms with Gasteiger partial charge in [0, 0.05) is 12.0 Å². The number of rotatable bonds is 7. The fourth-order valence-corrected chi connectivity index (χ4v) is 2.79. The highest BCUT2D eigenvalue weighted by atomic mass is 16.1. The second kappa shape index (κ2) is 8.52. The van der Waals surface area contributed by atoms with E-state index in [1.165, 1.54) is 19.3 Å². The van der Waals surface area contributed by atoms with Crippen LogP contribution in [0.15, 0.2) is 0 Å². The Bertz CT molecular complexity index is 235. The Hall–Kier alpha value is -0.570. The van der Waals surface area contributed by atoms with E-state index in [2.05, 4.69) is 19.2 Å². The minimum Gasteiger partial charge on any atom is -0.353 e. The predicted octanol–water partition coefficient (Wildman–Crippen LogP) is 2.84. The molecule has 1 atom stereocenters. The minimum atomic E-state index is 0.237. The first-order valence-electron chi connectivity index (χ1n) is 7.67. The maximum Gasteiger partial charge on any atom is 0.223 e. The molecule has 1 fully saturated rings. The van der Waals surface area contributed by atoms with Crippen molar-refractivity contribution < 1.29 is 4.79 Å². The van der Waals surface area contributed by atoms with Gasteiger partial charge in [-0.2, -0.15) is 0 Å². The zero-order chi connectivity index (χ0) is 13.4. The monoisotopic (exact) mass is 254 g/mol. The Labute approximate surface area is 112 Å². The highest BCUT2D eigenvalue weighted by molar-refractivity contribution is 5.78. The fraction of sp³-hybridized carbons (Fsp3) is 0.933. The van der Waals surface area contributed by atoms with E-state index in [-0.39, 0.29) is 11.8 Å². The molecular formula is C15H30N2O. The highest BCUT2D eigenvalue weighted by Crippen LogP contribution is 2.28. The summed E-state index contributed by atoms with van der Waals surface area (Å²) in [6, 6.07) is 0.330. The van der Waals surface area contributed by atoms with Crippen molar-refractivity contribution in [2.75, 3.05) is 6.54 Å². The van der Waals surface area contributed by atoms with Crippen LogP contribution in [-0.2, 0) is 4.79 Å². The number of carbonyl (C=O) groups excluding carboxylic acids is 1. The molecule has 1 saturated carbocycles. The van der Waals surface area contributed by atoms with Crippen LogP contribution >= 0.6 is 0 Å². The van der Waals surface area contributed by atoms with Crippen molar-refractivity contribution in [3.8, 4) is 0 Å². The van der Waals surface area contributed by atoms with E-state index in [0.29, 0.717) is 12.0 Å².